The molecular formula is C16H22N2O2S. The molecule has 0 aliphatic heterocycles. The molecule has 1 atom stereocenters. The van der Waals surface area contributed by atoms with Crippen LogP contribution in [-0.2, 0) is 11.8 Å². The molecule has 2 rings (SSSR count). The first kappa shape index (κ1) is 15.9. The predicted octanol–water partition coefficient (Wildman–Crippen LogP) is 3.43. The highest BCUT2D eigenvalue weighted by Gasteiger charge is 2.26. The highest BCUT2D eigenvalue weighted by atomic mass is 32.1. The van der Waals surface area contributed by atoms with Gasteiger partial charge in [-0.1, -0.05) is 43.0 Å². The Labute approximate surface area is 130 Å². The number of aryl methyl sites for hydroxylation is 1. The van der Waals surface area contributed by atoms with E-state index in [1.165, 1.54) is 11.5 Å². The minimum atomic E-state index is -0.616. The summed E-state index contributed by atoms with van der Waals surface area (Å²) in [5.74, 6) is 0.800. The van der Waals surface area contributed by atoms with E-state index in [-0.39, 0.29) is 5.41 Å². The molecule has 5 heteroatoms. The molecular weight excluding hydrogens is 284 g/mol. The summed E-state index contributed by atoms with van der Waals surface area (Å²) < 4.78 is 9.39. The summed E-state index contributed by atoms with van der Waals surface area (Å²) in [7, 11) is 1.65. The molecule has 1 aromatic carbocycles. The van der Waals surface area contributed by atoms with Gasteiger partial charge in [-0.2, -0.15) is 0 Å². The van der Waals surface area contributed by atoms with Crippen molar-refractivity contribution in [3.05, 3.63) is 39.9 Å². The maximum absolute atomic E-state index is 10.6. The monoisotopic (exact) mass is 306 g/mol. The molecule has 0 fully saturated rings. The molecule has 0 saturated heterocycles. The molecule has 0 bridgehead atoms. The van der Waals surface area contributed by atoms with Gasteiger partial charge in [-0.3, -0.25) is 0 Å². The fourth-order valence-corrected chi connectivity index (χ4v) is 3.15. The van der Waals surface area contributed by atoms with E-state index >= 15 is 0 Å². The van der Waals surface area contributed by atoms with Crippen LogP contribution < -0.4 is 4.74 Å². The second-order valence-corrected chi connectivity index (χ2v) is 7.06. The van der Waals surface area contributed by atoms with Crippen LogP contribution in [0.15, 0.2) is 18.2 Å². The van der Waals surface area contributed by atoms with Gasteiger partial charge in [0, 0.05) is 11.8 Å². The third-order valence-electron chi connectivity index (χ3n) is 3.38. The number of nitrogens with zero attached hydrogens (tertiary/aromatic N) is 2. The Morgan fingerprint density at radius 1 is 1.33 bits per heavy atom. The Balaban J connectivity index is 2.29. The molecule has 1 N–H and O–H groups in total. The highest BCUT2D eigenvalue weighted by molar-refractivity contribution is 7.05. The smallest absolute Gasteiger partial charge is 0.122 e. The quantitative estimate of drug-likeness (QED) is 0.940. The van der Waals surface area contributed by atoms with Crippen molar-refractivity contribution in [2.24, 2.45) is 0 Å². The fourth-order valence-electron chi connectivity index (χ4n) is 2.30. The third-order valence-corrected chi connectivity index (χ3v) is 4.20. The van der Waals surface area contributed by atoms with Crippen molar-refractivity contribution in [1.82, 2.24) is 9.59 Å². The zero-order valence-electron chi connectivity index (χ0n) is 13.2. The molecule has 0 amide bonds. The summed E-state index contributed by atoms with van der Waals surface area (Å²) >= 11 is 1.27. The summed E-state index contributed by atoms with van der Waals surface area (Å²) in [4.78, 5) is 0.839. The van der Waals surface area contributed by atoms with Crippen molar-refractivity contribution in [3.8, 4) is 5.75 Å². The Hall–Kier alpha value is -1.46. The molecule has 1 unspecified atom stereocenters. The number of aliphatic hydroxyl groups excluding tert-OH is 1. The van der Waals surface area contributed by atoms with Crippen LogP contribution in [0.5, 0.6) is 5.75 Å². The molecule has 0 aliphatic carbocycles. The number of benzene rings is 1. The van der Waals surface area contributed by atoms with E-state index in [9.17, 15) is 5.11 Å². The summed E-state index contributed by atoms with van der Waals surface area (Å²) in [5, 5.41) is 14.8. The van der Waals surface area contributed by atoms with E-state index in [4.69, 9.17) is 4.74 Å². The number of aliphatic hydroxyl groups is 1. The topological polar surface area (TPSA) is 55.2 Å². The average molecular weight is 306 g/mol. The predicted molar refractivity (Wildman–Crippen MR) is 85.0 cm³/mol. The normalized spacial score (nSPS) is 13.2. The van der Waals surface area contributed by atoms with Crippen LogP contribution in [0.25, 0.3) is 0 Å². The van der Waals surface area contributed by atoms with Crippen molar-refractivity contribution >= 4 is 11.5 Å². The van der Waals surface area contributed by atoms with Gasteiger partial charge in [-0.25, -0.2) is 0 Å². The average Bonchev–Trinajstić information content (AvgIpc) is 2.88. The summed E-state index contributed by atoms with van der Waals surface area (Å²) in [6, 6.07) is 5.99. The Bertz CT molecular complexity index is 617. The highest BCUT2D eigenvalue weighted by Crippen LogP contribution is 2.33. The van der Waals surface area contributed by atoms with Crippen molar-refractivity contribution in [2.75, 3.05) is 7.11 Å². The molecule has 0 saturated carbocycles. The molecule has 0 spiro atoms. The van der Waals surface area contributed by atoms with Gasteiger partial charge in [0.15, 0.2) is 0 Å². The zero-order chi connectivity index (χ0) is 15.6. The second-order valence-electron chi connectivity index (χ2n) is 6.27. The van der Waals surface area contributed by atoms with E-state index < -0.39 is 6.10 Å². The lowest BCUT2D eigenvalue weighted by Crippen LogP contribution is -2.16. The first-order chi connectivity index (χ1) is 9.82. The van der Waals surface area contributed by atoms with Crippen molar-refractivity contribution < 1.29 is 9.84 Å². The fraction of sp³-hybridized carbons (Fsp3) is 0.500. The van der Waals surface area contributed by atoms with Gasteiger partial charge in [-0.05, 0) is 30.1 Å². The lowest BCUT2D eigenvalue weighted by atomic mass is 9.89. The van der Waals surface area contributed by atoms with Crippen LogP contribution in [0.3, 0.4) is 0 Å². The van der Waals surface area contributed by atoms with Gasteiger partial charge in [-0.15, -0.1) is 5.10 Å². The van der Waals surface area contributed by atoms with Crippen molar-refractivity contribution in [1.29, 1.82) is 0 Å². The van der Waals surface area contributed by atoms with Crippen LogP contribution in [0, 0.1) is 6.92 Å². The van der Waals surface area contributed by atoms with Gasteiger partial charge in [0.05, 0.1) is 23.8 Å². The number of aromatic nitrogens is 2. The Morgan fingerprint density at radius 3 is 2.67 bits per heavy atom. The molecule has 2 aromatic rings. The first-order valence-corrected chi connectivity index (χ1v) is 7.74. The first-order valence-electron chi connectivity index (χ1n) is 6.97. The molecule has 0 radical (unpaired) electrons. The van der Waals surface area contributed by atoms with E-state index in [1.54, 1.807) is 7.11 Å². The van der Waals surface area contributed by atoms with Crippen LogP contribution in [0.2, 0.25) is 0 Å². The van der Waals surface area contributed by atoms with Crippen LogP contribution in [0.1, 0.15) is 48.6 Å². The largest absolute Gasteiger partial charge is 0.496 e. The molecule has 1 heterocycles. The molecule has 1 aromatic heterocycles. The lowest BCUT2D eigenvalue weighted by Gasteiger charge is -2.19. The maximum atomic E-state index is 10.6. The van der Waals surface area contributed by atoms with E-state index in [0.717, 1.165) is 27.4 Å². The Morgan fingerprint density at radius 2 is 2.05 bits per heavy atom. The van der Waals surface area contributed by atoms with Gasteiger partial charge in [0.1, 0.15) is 5.75 Å². The number of rotatable bonds is 4. The standard InChI is InChI=1S/C16H22N2O2S/c1-10-6-7-13(20-5)11(8-10)9-12(19)14-15(16(2,3)4)17-18-21-14/h6-8,12,19H,9H2,1-5H3. The third kappa shape index (κ3) is 3.60. The molecule has 4 nitrogen and oxygen atoms in total. The van der Waals surface area contributed by atoms with Gasteiger partial charge >= 0.3 is 0 Å². The van der Waals surface area contributed by atoms with E-state index in [0.29, 0.717) is 6.42 Å². The number of hydrogen-bond donors (Lipinski definition) is 1. The number of ether oxygens (including phenoxy) is 1. The second kappa shape index (κ2) is 6.12. The molecule has 21 heavy (non-hydrogen) atoms. The van der Waals surface area contributed by atoms with E-state index in [1.807, 2.05) is 25.1 Å². The van der Waals surface area contributed by atoms with E-state index in [2.05, 4.69) is 30.4 Å². The van der Waals surface area contributed by atoms with Gasteiger partial charge < -0.3 is 9.84 Å². The minimum absolute atomic E-state index is 0.125. The van der Waals surface area contributed by atoms with Crippen molar-refractivity contribution in [2.45, 2.75) is 45.6 Å². The van der Waals surface area contributed by atoms with Crippen molar-refractivity contribution in [3.63, 3.8) is 0 Å². The summed E-state index contributed by atoms with van der Waals surface area (Å²) in [6.07, 6.45) is -0.118. The number of methoxy groups -OCH3 is 1. The molecule has 0 aliphatic rings. The van der Waals surface area contributed by atoms with Crippen LogP contribution in [-0.4, -0.2) is 21.8 Å². The summed E-state index contributed by atoms with van der Waals surface area (Å²) in [5.41, 5.74) is 2.89. The van der Waals surface area contributed by atoms with Crippen LogP contribution in [0.4, 0.5) is 0 Å². The number of hydrogen-bond acceptors (Lipinski definition) is 5. The maximum Gasteiger partial charge on any atom is 0.122 e. The Kier molecular flexibility index (Phi) is 4.64. The zero-order valence-corrected chi connectivity index (χ0v) is 14.0. The van der Waals surface area contributed by atoms with Crippen LogP contribution >= 0.6 is 11.5 Å². The summed E-state index contributed by atoms with van der Waals surface area (Å²) in [6.45, 7) is 8.26. The lowest BCUT2D eigenvalue weighted by molar-refractivity contribution is 0.178. The minimum Gasteiger partial charge on any atom is -0.496 e. The molecule has 114 valence electrons. The van der Waals surface area contributed by atoms with Gasteiger partial charge in [0.2, 0.25) is 0 Å². The SMILES string of the molecule is COc1ccc(C)cc1CC(O)c1snnc1C(C)(C)C. The van der Waals surface area contributed by atoms with Gasteiger partial charge in [0.25, 0.3) is 0 Å².